The van der Waals surface area contributed by atoms with Crippen LogP contribution in [-0.2, 0) is 10.3 Å². The van der Waals surface area contributed by atoms with E-state index in [1.54, 1.807) is 0 Å². The van der Waals surface area contributed by atoms with Gasteiger partial charge >= 0.3 is 0 Å². The summed E-state index contributed by atoms with van der Waals surface area (Å²) < 4.78 is 48.0. The smallest absolute Gasteiger partial charge is 0.154 e. The summed E-state index contributed by atoms with van der Waals surface area (Å²) in [6, 6.07) is 3.32. The number of benzene rings is 1. The molecular weight excluding hydrogens is 351 g/mol. The predicted octanol–water partition coefficient (Wildman–Crippen LogP) is 3.07. The van der Waals surface area contributed by atoms with E-state index < -0.39 is 23.0 Å². The third-order valence-corrected chi connectivity index (χ3v) is 5.55. The molecule has 1 saturated heterocycles. The van der Waals surface area contributed by atoms with Gasteiger partial charge in [-0.2, -0.15) is 0 Å². The number of fused-ring (bicyclic) bond motifs is 1. The van der Waals surface area contributed by atoms with Gasteiger partial charge < -0.3 is 10.5 Å². The maximum Gasteiger partial charge on any atom is 0.154 e. The summed E-state index contributed by atoms with van der Waals surface area (Å²) in [5.41, 5.74) is 5.38. The number of halogens is 3. The van der Waals surface area contributed by atoms with Crippen LogP contribution in [0.2, 0.25) is 0 Å². The first-order valence-electron chi connectivity index (χ1n) is 7.66. The number of amidine groups is 1. The molecule has 4 rings (SSSR count). The summed E-state index contributed by atoms with van der Waals surface area (Å²) >= 11 is 1.39. The number of thioether (sulfide) groups is 1. The quantitative estimate of drug-likeness (QED) is 0.889. The Balaban J connectivity index is 1.91. The molecule has 130 valence electrons. The average molecular weight is 365 g/mol. The highest BCUT2D eigenvalue weighted by Gasteiger charge is 2.49. The Bertz CT molecular complexity index is 876. The average Bonchev–Trinajstić information content (AvgIpc) is 2.98. The van der Waals surface area contributed by atoms with E-state index in [0.717, 1.165) is 18.3 Å². The van der Waals surface area contributed by atoms with Crippen LogP contribution in [0, 0.1) is 23.4 Å². The molecule has 0 spiro atoms. The molecule has 2 N–H and O–H groups in total. The maximum absolute atomic E-state index is 14.7. The SMILES string of the molecule is NC1=NC2(c3cc(-c4cncc(F)c4)c(F)cc3F)COCC2CS1. The van der Waals surface area contributed by atoms with Crippen LogP contribution in [0.5, 0.6) is 0 Å². The Morgan fingerprint density at radius 2 is 2.00 bits per heavy atom. The summed E-state index contributed by atoms with van der Waals surface area (Å²) in [6.45, 7) is 0.597. The van der Waals surface area contributed by atoms with Crippen molar-refractivity contribution in [3.05, 3.63) is 53.6 Å². The van der Waals surface area contributed by atoms with Gasteiger partial charge in [0.25, 0.3) is 0 Å². The van der Waals surface area contributed by atoms with Crippen LogP contribution in [0.3, 0.4) is 0 Å². The molecule has 0 aliphatic carbocycles. The van der Waals surface area contributed by atoms with Gasteiger partial charge in [-0.15, -0.1) is 0 Å². The minimum absolute atomic E-state index is 0.0652. The molecule has 1 aromatic carbocycles. The number of pyridine rings is 1. The van der Waals surface area contributed by atoms with Crippen molar-refractivity contribution in [1.82, 2.24) is 4.98 Å². The molecule has 0 radical (unpaired) electrons. The van der Waals surface area contributed by atoms with Crippen LogP contribution in [0.4, 0.5) is 13.2 Å². The molecule has 1 aromatic heterocycles. The van der Waals surface area contributed by atoms with Crippen molar-refractivity contribution in [2.75, 3.05) is 19.0 Å². The monoisotopic (exact) mass is 365 g/mol. The topological polar surface area (TPSA) is 60.5 Å². The first-order chi connectivity index (χ1) is 12.0. The lowest BCUT2D eigenvalue weighted by atomic mass is 9.80. The van der Waals surface area contributed by atoms with Crippen molar-refractivity contribution in [2.45, 2.75) is 5.54 Å². The fraction of sp³-hybridized carbons (Fsp3) is 0.294. The lowest BCUT2D eigenvalue weighted by Gasteiger charge is -2.34. The van der Waals surface area contributed by atoms with E-state index in [1.807, 2.05) is 0 Å². The minimum Gasteiger partial charge on any atom is -0.379 e. The van der Waals surface area contributed by atoms with Crippen LogP contribution in [-0.4, -0.2) is 29.1 Å². The first kappa shape index (κ1) is 16.4. The minimum atomic E-state index is -0.984. The summed E-state index contributed by atoms with van der Waals surface area (Å²) in [6.07, 6.45) is 2.35. The highest BCUT2D eigenvalue weighted by Crippen LogP contribution is 2.46. The lowest BCUT2D eigenvalue weighted by molar-refractivity contribution is 0.176. The van der Waals surface area contributed by atoms with Crippen LogP contribution in [0.1, 0.15) is 5.56 Å². The van der Waals surface area contributed by atoms with E-state index in [2.05, 4.69) is 9.98 Å². The normalized spacial score (nSPS) is 25.6. The van der Waals surface area contributed by atoms with Gasteiger partial charge in [0.05, 0.1) is 19.4 Å². The maximum atomic E-state index is 14.7. The second kappa shape index (κ2) is 6.03. The van der Waals surface area contributed by atoms with Gasteiger partial charge in [-0.3, -0.25) is 4.98 Å². The zero-order valence-corrected chi connectivity index (χ0v) is 13.8. The van der Waals surface area contributed by atoms with Gasteiger partial charge in [0.1, 0.15) is 23.0 Å². The Morgan fingerprint density at radius 1 is 1.16 bits per heavy atom. The van der Waals surface area contributed by atoms with Crippen molar-refractivity contribution in [2.24, 2.45) is 16.6 Å². The van der Waals surface area contributed by atoms with Gasteiger partial charge in [-0.25, -0.2) is 18.2 Å². The number of rotatable bonds is 2. The van der Waals surface area contributed by atoms with Gasteiger partial charge in [-0.1, -0.05) is 11.8 Å². The third kappa shape index (κ3) is 2.69. The summed E-state index contributed by atoms with van der Waals surface area (Å²) in [7, 11) is 0. The van der Waals surface area contributed by atoms with E-state index in [1.165, 1.54) is 24.0 Å². The molecule has 25 heavy (non-hydrogen) atoms. The molecule has 2 aliphatic rings. The predicted molar refractivity (Wildman–Crippen MR) is 89.6 cm³/mol. The number of ether oxygens (including phenoxy) is 1. The lowest BCUT2D eigenvalue weighted by Crippen LogP contribution is -2.40. The summed E-state index contributed by atoms with van der Waals surface area (Å²) in [4.78, 5) is 8.20. The van der Waals surface area contributed by atoms with Crippen molar-refractivity contribution in [1.29, 1.82) is 0 Å². The van der Waals surface area contributed by atoms with Gasteiger partial charge in [0.2, 0.25) is 0 Å². The fourth-order valence-electron chi connectivity index (χ4n) is 3.36. The molecule has 2 atom stereocenters. The van der Waals surface area contributed by atoms with Crippen LogP contribution >= 0.6 is 11.8 Å². The standard InChI is InChI=1S/C17H14F3N3OS/c18-11-1-9(4-22-5-11)12-2-13(15(20)3-14(12)19)17-8-24-6-10(17)7-25-16(21)23-17/h1-5,10H,6-8H2,(H2,21,23). The third-order valence-electron chi connectivity index (χ3n) is 4.60. The van der Waals surface area contributed by atoms with E-state index in [9.17, 15) is 13.2 Å². The van der Waals surface area contributed by atoms with E-state index in [0.29, 0.717) is 17.5 Å². The van der Waals surface area contributed by atoms with E-state index in [-0.39, 0.29) is 29.2 Å². The molecule has 0 bridgehead atoms. The Kier molecular flexibility index (Phi) is 3.96. The molecule has 2 aromatic rings. The Hall–Kier alpha value is -2.06. The summed E-state index contributed by atoms with van der Waals surface area (Å²) in [5, 5.41) is 0.347. The van der Waals surface area contributed by atoms with Crippen LogP contribution in [0.25, 0.3) is 11.1 Å². The number of hydrogen-bond acceptors (Lipinski definition) is 5. The fourth-order valence-corrected chi connectivity index (χ4v) is 4.33. The van der Waals surface area contributed by atoms with Crippen molar-refractivity contribution in [3.63, 3.8) is 0 Å². The highest BCUT2D eigenvalue weighted by molar-refractivity contribution is 8.13. The van der Waals surface area contributed by atoms with Gasteiger partial charge in [-0.05, 0) is 12.1 Å². The van der Waals surface area contributed by atoms with Gasteiger partial charge in [0, 0.05) is 40.6 Å². The Labute approximate surface area is 146 Å². The molecular formula is C17H14F3N3OS. The summed E-state index contributed by atoms with van der Waals surface area (Å²) in [5.74, 6) is -1.53. The first-order valence-corrected chi connectivity index (χ1v) is 8.64. The zero-order valence-electron chi connectivity index (χ0n) is 13.0. The zero-order chi connectivity index (χ0) is 17.6. The number of nitrogens with zero attached hydrogens (tertiary/aromatic N) is 2. The number of hydrogen-bond donors (Lipinski definition) is 1. The van der Waals surface area contributed by atoms with Crippen molar-refractivity contribution < 1.29 is 17.9 Å². The molecule has 8 heteroatoms. The van der Waals surface area contributed by atoms with Crippen LogP contribution < -0.4 is 5.73 Å². The molecule has 2 unspecified atom stereocenters. The second-order valence-corrected chi connectivity index (χ2v) is 7.14. The molecule has 0 amide bonds. The van der Waals surface area contributed by atoms with E-state index >= 15 is 0 Å². The molecule has 0 saturated carbocycles. The van der Waals surface area contributed by atoms with Crippen molar-refractivity contribution in [3.8, 4) is 11.1 Å². The number of aliphatic imine (C=N–C) groups is 1. The molecule has 4 nitrogen and oxygen atoms in total. The molecule has 3 heterocycles. The number of nitrogens with two attached hydrogens (primary N) is 1. The molecule has 1 fully saturated rings. The molecule has 2 aliphatic heterocycles. The Morgan fingerprint density at radius 3 is 2.80 bits per heavy atom. The van der Waals surface area contributed by atoms with E-state index in [4.69, 9.17) is 10.5 Å². The van der Waals surface area contributed by atoms with Crippen LogP contribution in [0.15, 0.2) is 35.6 Å². The number of aromatic nitrogens is 1. The van der Waals surface area contributed by atoms with Gasteiger partial charge in [0.15, 0.2) is 5.17 Å². The largest absolute Gasteiger partial charge is 0.379 e. The van der Waals surface area contributed by atoms with Crippen molar-refractivity contribution >= 4 is 16.9 Å². The second-order valence-electron chi connectivity index (χ2n) is 6.10. The highest BCUT2D eigenvalue weighted by atomic mass is 32.2.